The smallest absolute Gasteiger partial charge is 0.260 e. The zero-order valence-electron chi connectivity index (χ0n) is 13.5. The number of halogens is 1. The van der Waals surface area contributed by atoms with Crippen LogP contribution in [-0.2, 0) is 16.1 Å². The molecular formula is C17H19FN4O2. The molecule has 2 N–H and O–H groups in total. The molecule has 0 saturated heterocycles. The molecule has 1 heterocycles. The Kier molecular flexibility index (Phi) is 4.33. The lowest BCUT2D eigenvalue weighted by atomic mass is 10.1. The molecule has 2 atom stereocenters. The second kappa shape index (κ2) is 6.43. The Morgan fingerprint density at radius 2 is 2.04 bits per heavy atom. The fourth-order valence-corrected chi connectivity index (χ4v) is 2.84. The van der Waals surface area contributed by atoms with Crippen LogP contribution >= 0.6 is 0 Å². The number of aryl methyl sites for hydroxylation is 2. The molecule has 0 aliphatic heterocycles. The minimum atomic E-state index is -0.363. The van der Waals surface area contributed by atoms with Crippen LogP contribution in [0.4, 0.5) is 4.39 Å². The van der Waals surface area contributed by atoms with Crippen LogP contribution < -0.4 is 10.9 Å². The highest BCUT2D eigenvalue weighted by Gasteiger charge is 2.45. The van der Waals surface area contributed by atoms with E-state index in [2.05, 4.69) is 16.0 Å². The number of benzene rings is 1. The van der Waals surface area contributed by atoms with Crippen molar-refractivity contribution in [3.8, 4) is 0 Å². The average Bonchev–Trinajstić information content (AvgIpc) is 3.26. The summed E-state index contributed by atoms with van der Waals surface area (Å²) in [5.74, 6) is -1.40. The van der Waals surface area contributed by atoms with Gasteiger partial charge in [0, 0.05) is 11.6 Å². The lowest BCUT2D eigenvalue weighted by Crippen LogP contribution is -2.44. The maximum atomic E-state index is 13.7. The number of aromatic nitrogens is 2. The van der Waals surface area contributed by atoms with E-state index in [9.17, 15) is 14.0 Å². The highest BCUT2D eigenvalue weighted by Crippen LogP contribution is 2.48. The Bertz CT molecular complexity index is 787. The van der Waals surface area contributed by atoms with E-state index in [1.807, 2.05) is 19.9 Å². The lowest BCUT2D eigenvalue weighted by Gasteiger charge is -2.08. The summed E-state index contributed by atoms with van der Waals surface area (Å²) in [5, 5.41) is 4.19. The van der Waals surface area contributed by atoms with E-state index < -0.39 is 0 Å². The van der Waals surface area contributed by atoms with Crippen LogP contribution in [0.3, 0.4) is 0 Å². The van der Waals surface area contributed by atoms with Crippen molar-refractivity contribution in [2.75, 3.05) is 0 Å². The molecule has 0 radical (unpaired) electrons. The van der Waals surface area contributed by atoms with E-state index in [0.29, 0.717) is 12.0 Å². The van der Waals surface area contributed by atoms with E-state index in [-0.39, 0.29) is 36.0 Å². The van der Waals surface area contributed by atoms with Crippen molar-refractivity contribution < 1.29 is 14.0 Å². The van der Waals surface area contributed by atoms with Gasteiger partial charge in [-0.3, -0.25) is 25.1 Å². The quantitative estimate of drug-likeness (QED) is 0.836. The predicted molar refractivity (Wildman–Crippen MR) is 85.2 cm³/mol. The van der Waals surface area contributed by atoms with Crippen LogP contribution in [0.25, 0.3) is 0 Å². The van der Waals surface area contributed by atoms with Gasteiger partial charge in [-0.05, 0) is 43.9 Å². The number of hydrogen-bond donors (Lipinski definition) is 2. The summed E-state index contributed by atoms with van der Waals surface area (Å²) in [4.78, 5) is 23.9. The van der Waals surface area contributed by atoms with Gasteiger partial charge in [-0.15, -0.1) is 0 Å². The predicted octanol–water partition coefficient (Wildman–Crippen LogP) is 1.59. The van der Waals surface area contributed by atoms with Crippen LogP contribution in [0, 0.1) is 25.6 Å². The SMILES string of the molecule is Cc1cc(C)n(CC(=O)NNC(=O)C2CC2c2ccccc2F)n1. The van der Waals surface area contributed by atoms with Crippen molar-refractivity contribution in [1.29, 1.82) is 0 Å². The minimum absolute atomic E-state index is 0.0291. The molecule has 1 aromatic heterocycles. The number of nitrogens with one attached hydrogen (secondary N) is 2. The van der Waals surface area contributed by atoms with Crippen molar-refractivity contribution >= 4 is 11.8 Å². The zero-order chi connectivity index (χ0) is 17.3. The van der Waals surface area contributed by atoms with Gasteiger partial charge in [0.05, 0.1) is 5.69 Å². The van der Waals surface area contributed by atoms with Crippen LogP contribution in [0.5, 0.6) is 0 Å². The topological polar surface area (TPSA) is 76.0 Å². The molecule has 24 heavy (non-hydrogen) atoms. The molecule has 1 aliphatic carbocycles. The molecule has 2 unspecified atom stereocenters. The second-order valence-electron chi connectivity index (χ2n) is 6.09. The van der Waals surface area contributed by atoms with Crippen molar-refractivity contribution in [3.63, 3.8) is 0 Å². The summed E-state index contributed by atoms with van der Waals surface area (Å²) in [5.41, 5.74) is 7.04. The fourth-order valence-electron chi connectivity index (χ4n) is 2.84. The first-order valence-corrected chi connectivity index (χ1v) is 7.80. The molecule has 7 heteroatoms. The molecule has 2 aromatic rings. The number of carbonyl (C=O) groups is 2. The number of amides is 2. The summed E-state index contributed by atoms with van der Waals surface area (Å²) in [6.45, 7) is 3.73. The van der Waals surface area contributed by atoms with E-state index in [1.165, 1.54) is 6.07 Å². The van der Waals surface area contributed by atoms with E-state index in [0.717, 1.165) is 11.4 Å². The van der Waals surface area contributed by atoms with Crippen molar-refractivity contribution in [3.05, 3.63) is 53.1 Å². The molecule has 1 aromatic carbocycles. The average molecular weight is 330 g/mol. The van der Waals surface area contributed by atoms with Gasteiger partial charge in [0.1, 0.15) is 12.4 Å². The van der Waals surface area contributed by atoms with Gasteiger partial charge in [-0.25, -0.2) is 4.39 Å². The molecule has 2 amide bonds. The van der Waals surface area contributed by atoms with Crippen LogP contribution in [0.15, 0.2) is 30.3 Å². The first-order chi connectivity index (χ1) is 11.5. The Hall–Kier alpha value is -2.70. The number of rotatable bonds is 4. The Balaban J connectivity index is 1.49. The number of hydrazine groups is 1. The molecule has 0 spiro atoms. The number of carbonyl (C=O) groups excluding carboxylic acids is 2. The monoisotopic (exact) mass is 330 g/mol. The van der Waals surface area contributed by atoms with Gasteiger partial charge >= 0.3 is 0 Å². The highest BCUT2D eigenvalue weighted by atomic mass is 19.1. The highest BCUT2D eigenvalue weighted by molar-refractivity contribution is 5.85. The van der Waals surface area contributed by atoms with Gasteiger partial charge in [-0.2, -0.15) is 5.10 Å². The van der Waals surface area contributed by atoms with Crippen LogP contribution in [-0.4, -0.2) is 21.6 Å². The fraction of sp³-hybridized carbons (Fsp3) is 0.353. The Labute approximate surface area is 139 Å². The minimum Gasteiger partial charge on any atom is -0.273 e. The maximum Gasteiger partial charge on any atom is 0.260 e. The lowest BCUT2D eigenvalue weighted by molar-refractivity contribution is -0.130. The van der Waals surface area contributed by atoms with Gasteiger partial charge in [0.15, 0.2) is 0 Å². The number of hydrogen-bond acceptors (Lipinski definition) is 3. The van der Waals surface area contributed by atoms with Crippen molar-refractivity contribution in [2.24, 2.45) is 5.92 Å². The van der Waals surface area contributed by atoms with Crippen LogP contribution in [0.2, 0.25) is 0 Å². The van der Waals surface area contributed by atoms with Crippen molar-refractivity contribution in [2.45, 2.75) is 32.7 Å². The maximum absolute atomic E-state index is 13.7. The van der Waals surface area contributed by atoms with Crippen molar-refractivity contribution in [1.82, 2.24) is 20.6 Å². The summed E-state index contributed by atoms with van der Waals surface area (Å²) in [7, 11) is 0. The van der Waals surface area contributed by atoms with E-state index >= 15 is 0 Å². The van der Waals surface area contributed by atoms with Gasteiger partial charge < -0.3 is 0 Å². The third kappa shape index (κ3) is 3.45. The Morgan fingerprint density at radius 1 is 1.29 bits per heavy atom. The van der Waals surface area contributed by atoms with E-state index in [4.69, 9.17) is 0 Å². The molecule has 126 valence electrons. The Morgan fingerprint density at radius 3 is 2.71 bits per heavy atom. The number of nitrogens with zero attached hydrogens (tertiary/aromatic N) is 2. The largest absolute Gasteiger partial charge is 0.273 e. The molecule has 1 aliphatic rings. The van der Waals surface area contributed by atoms with Crippen LogP contribution in [0.1, 0.15) is 29.3 Å². The zero-order valence-corrected chi connectivity index (χ0v) is 13.5. The third-order valence-electron chi connectivity index (χ3n) is 4.15. The second-order valence-corrected chi connectivity index (χ2v) is 6.09. The normalized spacial score (nSPS) is 19.0. The molecule has 3 rings (SSSR count). The third-order valence-corrected chi connectivity index (χ3v) is 4.15. The summed E-state index contributed by atoms with van der Waals surface area (Å²) in [6.07, 6.45) is 0.583. The molecule has 1 fully saturated rings. The van der Waals surface area contributed by atoms with E-state index in [1.54, 1.807) is 22.9 Å². The molecule has 6 nitrogen and oxygen atoms in total. The van der Waals surface area contributed by atoms with Gasteiger partial charge in [0.2, 0.25) is 5.91 Å². The summed E-state index contributed by atoms with van der Waals surface area (Å²) < 4.78 is 15.3. The van der Waals surface area contributed by atoms with Gasteiger partial charge in [0.25, 0.3) is 5.91 Å². The standard InChI is InChI=1S/C17H19FN4O2/c1-10-7-11(2)22(21-10)9-16(23)19-20-17(24)14-8-13(14)12-5-3-4-6-15(12)18/h3-7,13-14H,8-9H2,1-2H3,(H,19,23)(H,20,24). The summed E-state index contributed by atoms with van der Waals surface area (Å²) in [6, 6.07) is 8.32. The molecular weight excluding hydrogens is 311 g/mol. The first kappa shape index (κ1) is 16.2. The van der Waals surface area contributed by atoms with Gasteiger partial charge in [-0.1, -0.05) is 18.2 Å². The molecule has 1 saturated carbocycles. The first-order valence-electron chi connectivity index (χ1n) is 7.80. The molecule has 0 bridgehead atoms. The summed E-state index contributed by atoms with van der Waals surface area (Å²) >= 11 is 0.